The molecule has 0 N–H and O–H groups in total. The average molecular weight is 276 g/mol. The van der Waals surface area contributed by atoms with E-state index in [9.17, 15) is 4.79 Å². The molecule has 1 aromatic rings. The number of ether oxygens (including phenoxy) is 2. The van der Waals surface area contributed by atoms with Crippen LogP contribution in [0.4, 0.5) is 0 Å². The van der Waals surface area contributed by atoms with Crippen molar-refractivity contribution >= 4 is 5.97 Å². The molecule has 1 aliphatic rings. The first-order valence-corrected chi connectivity index (χ1v) is 7.67. The molecule has 0 aromatic heterocycles. The van der Waals surface area contributed by atoms with E-state index < -0.39 is 0 Å². The van der Waals surface area contributed by atoms with Gasteiger partial charge in [-0.15, -0.1) is 0 Å². The van der Waals surface area contributed by atoms with Crippen molar-refractivity contribution in [2.45, 2.75) is 58.0 Å². The van der Waals surface area contributed by atoms with Gasteiger partial charge in [0.25, 0.3) is 0 Å². The normalized spacial score (nSPS) is 22.3. The Morgan fingerprint density at radius 3 is 2.70 bits per heavy atom. The number of hydrogen-bond acceptors (Lipinski definition) is 3. The molecule has 0 heterocycles. The number of benzene rings is 1. The van der Waals surface area contributed by atoms with Gasteiger partial charge in [0, 0.05) is 17.9 Å². The molecule has 2 atom stereocenters. The van der Waals surface area contributed by atoms with E-state index in [-0.39, 0.29) is 18.0 Å². The molecular formula is C17H24O3. The van der Waals surface area contributed by atoms with Crippen LogP contribution in [0.1, 0.15) is 57.4 Å². The zero-order valence-corrected chi connectivity index (χ0v) is 12.4. The van der Waals surface area contributed by atoms with Crippen LogP contribution in [0, 0.1) is 0 Å². The van der Waals surface area contributed by atoms with E-state index >= 15 is 0 Å². The van der Waals surface area contributed by atoms with Gasteiger partial charge in [-0.25, -0.2) is 0 Å². The molecular weight excluding hydrogens is 252 g/mol. The monoisotopic (exact) mass is 276 g/mol. The molecule has 3 heteroatoms. The molecule has 1 aliphatic carbocycles. The van der Waals surface area contributed by atoms with Crippen LogP contribution in [0.2, 0.25) is 0 Å². The van der Waals surface area contributed by atoms with Gasteiger partial charge in [0.15, 0.2) is 0 Å². The molecule has 0 saturated heterocycles. The third-order valence-electron chi connectivity index (χ3n) is 3.89. The molecule has 0 aliphatic heterocycles. The average Bonchev–Trinajstić information content (AvgIpc) is 2.49. The van der Waals surface area contributed by atoms with Gasteiger partial charge in [0.05, 0.1) is 6.61 Å². The van der Waals surface area contributed by atoms with E-state index in [1.807, 2.05) is 32.0 Å². The molecule has 110 valence electrons. The van der Waals surface area contributed by atoms with E-state index in [4.69, 9.17) is 9.47 Å². The first-order chi connectivity index (χ1) is 9.76. The number of rotatable bonds is 5. The summed E-state index contributed by atoms with van der Waals surface area (Å²) in [4.78, 5) is 11.6. The van der Waals surface area contributed by atoms with Crippen LogP contribution >= 0.6 is 0 Å². The third kappa shape index (κ3) is 3.53. The van der Waals surface area contributed by atoms with Crippen molar-refractivity contribution in [1.29, 1.82) is 0 Å². The lowest BCUT2D eigenvalue weighted by molar-refractivity contribution is -0.151. The van der Waals surface area contributed by atoms with Crippen LogP contribution in [0.3, 0.4) is 0 Å². The Balaban J connectivity index is 2.21. The molecule has 0 spiro atoms. The van der Waals surface area contributed by atoms with Gasteiger partial charge in [0.1, 0.15) is 11.9 Å². The fourth-order valence-corrected chi connectivity index (χ4v) is 2.92. The van der Waals surface area contributed by atoms with Gasteiger partial charge in [-0.1, -0.05) is 31.5 Å². The highest BCUT2D eigenvalue weighted by molar-refractivity contribution is 5.69. The highest BCUT2D eigenvalue weighted by Crippen LogP contribution is 2.39. The smallest absolute Gasteiger partial charge is 0.305 e. The van der Waals surface area contributed by atoms with Crippen LogP contribution in [0.15, 0.2) is 24.3 Å². The largest absolute Gasteiger partial charge is 0.494 e. The van der Waals surface area contributed by atoms with Crippen LogP contribution in [0.25, 0.3) is 0 Å². The summed E-state index contributed by atoms with van der Waals surface area (Å²) >= 11 is 0. The Morgan fingerprint density at radius 1 is 1.20 bits per heavy atom. The van der Waals surface area contributed by atoms with E-state index in [1.54, 1.807) is 0 Å². The highest BCUT2D eigenvalue weighted by atomic mass is 16.5. The number of carbonyl (C=O) groups excluding carboxylic acids is 1. The predicted molar refractivity (Wildman–Crippen MR) is 79.0 cm³/mol. The van der Waals surface area contributed by atoms with Gasteiger partial charge in [-0.3, -0.25) is 4.79 Å². The fraction of sp³-hybridized carbons (Fsp3) is 0.588. The summed E-state index contributed by atoms with van der Waals surface area (Å²) in [5, 5.41) is 0. The Morgan fingerprint density at radius 2 is 1.95 bits per heavy atom. The first kappa shape index (κ1) is 14.9. The lowest BCUT2D eigenvalue weighted by Crippen LogP contribution is -2.28. The summed E-state index contributed by atoms with van der Waals surface area (Å²) in [6.45, 7) is 4.49. The lowest BCUT2D eigenvalue weighted by atomic mass is 9.81. The first-order valence-electron chi connectivity index (χ1n) is 7.67. The molecule has 3 nitrogen and oxygen atoms in total. The number of esters is 1. The van der Waals surface area contributed by atoms with E-state index in [0.717, 1.165) is 25.0 Å². The Kier molecular flexibility index (Phi) is 5.45. The second-order valence-corrected chi connectivity index (χ2v) is 5.24. The molecule has 1 saturated carbocycles. The van der Waals surface area contributed by atoms with Crippen molar-refractivity contribution in [3.63, 3.8) is 0 Å². The van der Waals surface area contributed by atoms with Gasteiger partial charge in [0.2, 0.25) is 0 Å². The van der Waals surface area contributed by atoms with Gasteiger partial charge in [-0.05, 0) is 32.3 Å². The number of carbonyl (C=O) groups is 1. The maximum absolute atomic E-state index is 11.6. The molecule has 0 radical (unpaired) electrons. The zero-order valence-electron chi connectivity index (χ0n) is 12.4. The van der Waals surface area contributed by atoms with Crippen molar-refractivity contribution in [1.82, 2.24) is 0 Å². The highest BCUT2D eigenvalue weighted by Gasteiger charge is 2.31. The molecule has 1 fully saturated rings. The summed E-state index contributed by atoms with van der Waals surface area (Å²) in [7, 11) is 0. The molecule has 0 amide bonds. The SMILES string of the molecule is CCOc1ccccc1C1CCCCC1OC(=O)CC. The summed E-state index contributed by atoms with van der Waals surface area (Å²) < 4.78 is 11.4. The standard InChI is InChI=1S/C17H24O3/c1-3-17(18)20-16-12-8-6-10-14(16)13-9-5-7-11-15(13)19-4-2/h5,7,9,11,14,16H,3-4,6,8,10,12H2,1-2H3. The summed E-state index contributed by atoms with van der Waals surface area (Å²) in [6, 6.07) is 8.13. The Labute approximate surface area is 121 Å². The van der Waals surface area contributed by atoms with Gasteiger partial charge < -0.3 is 9.47 Å². The van der Waals surface area contributed by atoms with Crippen molar-refractivity contribution in [3.8, 4) is 5.75 Å². The Bertz CT molecular complexity index is 442. The molecule has 0 bridgehead atoms. The minimum Gasteiger partial charge on any atom is -0.494 e. The predicted octanol–water partition coefficient (Wildman–Crippen LogP) is 4.06. The van der Waals surface area contributed by atoms with Gasteiger partial charge >= 0.3 is 5.97 Å². The number of hydrogen-bond donors (Lipinski definition) is 0. The number of para-hydroxylation sites is 1. The minimum atomic E-state index is -0.101. The second kappa shape index (κ2) is 7.32. The maximum atomic E-state index is 11.6. The topological polar surface area (TPSA) is 35.5 Å². The van der Waals surface area contributed by atoms with E-state index in [1.165, 1.54) is 12.0 Å². The zero-order chi connectivity index (χ0) is 14.4. The molecule has 20 heavy (non-hydrogen) atoms. The maximum Gasteiger partial charge on any atom is 0.305 e. The second-order valence-electron chi connectivity index (χ2n) is 5.24. The van der Waals surface area contributed by atoms with Crippen molar-refractivity contribution < 1.29 is 14.3 Å². The van der Waals surface area contributed by atoms with Crippen molar-refractivity contribution in [3.05, 3.63) is 29.8 Å². The quantitative estimate of drug-likeness (QED) is 0.761. The van der Waals surface area contributed by atoms with E-state index in [0.29, 0.717) is 13.0 Å². The van der Waals surface area contributed by atoms with Crippen LogP contribution in [0.5, 0.6) is 5.75 Å². The van der Waals surface area contributed by atoms with Crippen molar-refractivity contribution in [2.75, 3.05) is 6.61 Å². The van der Waals surface area contributed by atoms with Gasteiger partial charge in [-0.2, -0.15) is 0 Å². The molecule has 2 unspecified atom stereocenters. The molecule has 2 rings (SSSR count). The van der Waals surface area contributed by atoms with E-state index in [2.05, 4.69) is 6.07 Å². The summed E-state index contributed by atoms with van der Waals surface area (Å²) in [6.07, 6.45) is 4.77. The fourth-order valence-electron chi connectivity index (χ4n) is 2.92. The minimum absolute atomic E-state index is 0.00203. The lowest BCUT2D eigenvalue weighted by Gasteiger charge is -2.32. The van der Waals surface area contributed by atoms with Crippen LogP contribution in [-0.4, -0.2) is 18.7 Å². The summed E-state index contributed by atoms with van der Waals surface area (Å²) in [5.41, 5.74) is 1.18. The van der Waals surface area contributed by atoms with Crippen LogP contribution in [-0.2, 0) is 9.53 Å². The third-order valence-corrected chi connectivity index (χ3v) is 3.89. The Hall–Kier alpha value is -1.51. The summed E-state index contributed by atoms with van der Waals surface area (Å²) in [5.74, 6) is 1.09. The van der Waals surface area contributed by atoms with Crippen LogP contribution < -0.4 is 4.74 Å². The molecule has 1 aromatic carbocycles. The van der Waals surface area contributed by atoms with Crippen molar-refractivity contribution in [2.24, 2.45) is 0 Å².